The second-order valence-corrected chi connectivity index (χ2v) is 8.03. The summed E-state index contributed by atoms with van der Waals surface area (Å²) in [6.07, 6.45) is 0.155. The molecule has 10 nitrogen and oxygen atoms in total. The van der Waals surface area contributed by atoms with Crippen LogP contribution in [0.25, 0.3) is 0 Å². The minimum Gasteiger partial charge on any atom is -0.497 e. The summed E-state index contributed by atoms with van der Waals surface area (Å²) in [4.78, 5) is 41.8. The number of nitro groups is 1. The third kappa shape index (κ3) is 4.55. The van der Waals surface area contributed by atoms with Crippen molar-refractivity contribution in [1.29, 1.82) is 0 Å². The number of non-ortho nitro benzene ring substituents is 1. The van der Waals surface area contributed by atoms with E-state index in [-0.39, 0.29) is 23.9 Å². The molecule has 0 saturated carbocycles. The van der Waals surface area contributed by atoms with Crippen LogP contribution < -0.4 is 19.3 Å². The maximum Gasteiger partial charge on any atom is 0.269 e. The van der Waals surface area contributed by atoms with Crippen molar-refractivity contribution in [1.82, 2.24) is 4.90 Å². The highest BCUT2D eigenvalue weighted by Gasteiger charge is 2.39. The fraction of sp³-hybridized carbons (Fsp3) is 0.391. The van der Waals surface area contributed by atoms with Crippen molar-refractivity contribution in [3.05, 3.63) is 52.6 Å². The molecule has 4 rings (SSSR count). The van der Waals surface area contributed by atoms with Crippen molar-refractivity contribution in [3.8, 4) is 11.5 Å². The number of nitro benzene ring substituents is 1. The van der Waals surface area contributed by atoms with E-state index in [0.29, 0.717) is 49.9 Å². The van der Waals surface area contributed by atoms with Crippen LogP contribution in [0.5, 0.6) is 11.5 Å². The first-order chi connectivity index (χ1) is 15.9. The summed E-state index contributed by atoms with van der Waals surface area (Å²) in [5.41, 5.74) is 1.54. The Morgan fingerprint density at radius 3 is 2.33 bits per heavy atom. The molecule has 2 aliphatic rings. The fourth-order valence-corrected chi connectivity index (χ4v) is 4.34. The number of nitrogens with zero attached hydrogens (tertiary/aromatic N) is 4. The maximum absolute atomic E-state index is 13.2. The third-order valence-electron chi connectivity index (χ3n) is 6.17. The summed E-state index contributed by atoms with van der Waals surface area (Å²) >= 11 is 0. The van der Waals surface area contributed by atoms with Crippen molar-refractivity contribution in [2.24, 2.45) is 5.92 Å². The molecule has 33 heavy (non-hydrogen) atoms. The first-order valence-corrected chi connectivity index (χ1v) is 10.7. The van der Waals surface area contributed by atoms with E-state index >= 15 is 0 Å². The number of rotatable bonds is 6. The standard InChI is InChI=1S/C23H26N4O6/c1-32-19-7-8-21(33-2)20(14-19)26-15-16(13-22(26)28)23(29)25-11-9-24(10-12-25)17-3-5-18(6-4-17)27(30)31/h3-8,14,16H,9-13,15H2,1-2H3. The van der Waals surface area contributed by atoms with Gasteiger partial charge in [0.1, 0.15) is 11.5 Å². The largest absolute Gasteiger partial charge is 0.497 e. The minimum absolute atomic E-state index is 0.0314. The van der Waals surface area contributed by atoms with Crippen LogP contribution in [0, 0.1) is 16.0 Å². The van der Waals surface area contributed by atoms with Gasteiger partial charge in [0.2, 0.25) is 11.8 Å². The topological polar surface area (TPSA) is 105 Å². The number of hydrogen-bond donors (Lipinski definition) is 0. The van der Waals surface area contributed by atoms with Gasteiger partial charge >= 0.3 is 0 Å². The van der Waals surface area contributed by atoms with Crippen LogP contribution >= 0.6 is 0 Å². The molecule has 0 spiro atoms. The number of hydrogen-bond acceptors (Lipinski definition) is 7. The Morgan fingerprint density at radius 1 is 1.03 bits per heavy atom. The van der Waals surface area contributed by atoms with Gasteiger partial charge in [0.05, 0.1) is 30.7 Å². The molecule has 10 heteroatoms. The van der Waals surface area contributed by atoms with Crippen LogP contribution in [0.4, 0.5) is 17.1 Å². The normalized spacial score (nSPS) is 18.4. The second kappa shape index (κ2) is 9.35. The van der Waals surface area contributed by atoms with Crippen LogP contribution in [-0.2, 0) is 9.59 Å². The summed E-state index contributed by atoms with van der Waals surface area (Å²) in [5.74, 6) is 0.588. The molecule has 0 aromatic heterocycles. The quantitative estimate of drug-likeness (QED) is 0.487. The number of methoxy groups -OCH3 is 2. The predicted molar refractivity (Wildman–Crippen MR) is 122 cm³/mol. The van der Waals surface area contributed by atoms with Gasteiger partial charge in [-0.25, -0.2) is 0 Å². The van der Waals surface area contributed by atoms with Gasteiger partial charge in [0, 0.05) is 63.0 Å². The van der Waals surface area contributed by atoms with Crippen molar-refractivity contribution in [2.75, 3.05) is 56.7 Å². The van der Waals surface area contributed by atoms with E-state index in [1.165, 1.54) is 12.1 Å². The molecule has 0 N–H and O–H groups in total. The lowest BCUT2D eigenvalue weighted by molar-refractivity contribution is -0.384. The second-order valence-electron chi connectivity index (χ2n) is 8.03. The summed E-state index contributed by atoms with van der Waals surface area (Å²) < 4.78 is 10.7. The molecule has 0 bridgehead atoms. The van der Waals surface area contributed by atoms with Crippen molar-refractivity contribution in [3.63, 3.8) is 0 Å². The molecule has 1 atom stereocenters. The van der Waals surface area contributed by atoms with Crippen LogP contribution in [0.1, 0.15) is 6.42 Å². The summed E-state index contributed by atoms with van der Waals surface area (Å²) in [6, 6.07) is 11.7. The zero-order valence-corrected chi connectivity index (χ0v) is 18.6. The van der Waals surface area contributed by atoms with E-state index in [9.17, 15) is 19.7 Å². The van der Waals surface area contributed by atoms with Gasteiger partial charge in [-0.1, -0.05) is 0 Å². The lowest BCUT2D eigenvalue weighted by Gasteiger charge is -2.37. The molecule has 2 fully saturated rings. The molecule has 2 aliphatic heterocycles. The van der Waals surface area contributed by atoms with Gasteiger partial charge in [-0.2, -0.15) is 0 Å². The molecule has 2 saturated heterocycles. The van der Waals surface area contributed by atoms with Crippen LogP contribution in [-0.4, -0.2) is 68.6 Å². The molecule has 174 valence electrons. The van der Waals surface area contributed by atoms with Crippen LogP contribution in [0.3, 0.4) is 0 Å². The van der Waals surface area contributed by atoms with Gasteiger partial charge in [0.15, 0.2) is 0 Å². The zero-order chi connectivity index (χ0) is 23.5. The lowest BCUT2D eigenvalue weighted by atomic mass is 10.1. The Hall–Kier alpha value is -3.82. The van der Waals surface area contributed by atoms with Gasteiger partial charge in [0.25, 0.3) is 5.69 Å². The average Bonchev–Trinajstić information content (AvgIpc) is 3.24. The Labute approximate surface area is 191 Å². The van der Waals surface area contributed by atoms with Crippen molar-refractivity contribution < 1.29 is 24.0 Å². The molecule has 2 aromatic rings. The van der Waals surface area contributed by atoms with E-state index in [1.807, 2.05) is 0 Å². The fourth-order valence-electron chi connectivity index (χ4n) is 4.34. The minimum atomic E-state index is -0.423. The molecule has 2 amide bonds. The highest BCUT2D eigenvalue weighted by Crippen LogP contribution is 2.36. The molecule has 0 aliphatic carbocycles. The monoisotopic (exact) mass is 454 g/mol. The van der Waals surface area contributed by atoms with E-state index in [1.54, 1.807) is 54.4 Å². The Morgan fingerprint density at radius 2 is 1.73 bits per heavy atom. The van der Waals surface area contributed by atoms with E-state index in [0.717, 1.165) is 5.69 Å². The zero-order valence-electron chi connectivity index (χ0n) is 18.6. The van der Waals surface area contributed by atoms with Gasteiger partial charge in [-0.15, -0.1) is 0 Å². The first-order valence-electron chi connectivity index (χ1n) is 10.7. The number of piperazine rings is 1. The van der Waals surface area contributed by atoms with Crippen LogP contribution in [0.2, 0.25) is 0 Å². The Kier molecular flexibility index (Phi) is 6.34. The number of carbonyl (C=O) groups excluding carboxylic acids is 2. The smallest absolute Gasteiger partial charge is 0.269 e. The number of ether oxygens (including phenoxy) is 2. The number of amides is 2. The highest BCUT2D eigenvalue weighted by molar-refractivity contribution is 6.01. The van der Waals surface area contributed by atoms with E-state index in [2.05, 4.69) is 4.90 Å². The van der Waals surface area contributed by atoms with Crippen molar-refractivity contribution in [2.45, 2.75) is 6.42 Å². The predicted octanol–water partition coefficient (Wildman–Crippen LogP) is 2.31. The summed E-state index contributed by atoms with van der Waals surface area (Å²) in [6.45, 7) is 2.60. The van der Waals surface area contributed by atoms with Gasteiger partial charge in [-0.3, -0.25) is 19.7 Å². The first kappa shape index (κ1) is 22.4. The van der Waals surface area contributed by atoms with E-state index < -0.39 is 10.8 Å². The van der Waals surface area contributed by atoms with Gasteiger partial charge < -0.3 is 24.2 Å². The molecule has 1 unspecified atom stereocenters. The molecule has 0 radical (unpaired) electrons. The van der Waals surface area contributed by atoms with Gasteiger partial charge in [-0.05, 0) is 24.3 Å². The summed E-state index contributed by atoms with van der Waals surface area (Å²) in [7, 11) is 3.10. The van der Waals surface area contributed by atoms with Crippen molar-refractivity contribution >= 4 is 28.9 Å². The average molecular weight is 454 g/mol. The van der Waals surface area contributed by atoms with Crippen LogP contribution in [0.15, 0.2) is 42.5 Å². The lowest BCUT2D eigenvalue weighted by Crippen LogP contribution is -2.50. The number of carbonyl (C=O) groups is 2. The number of benzene rings is 2. The SMILES string of the molecule is COc1ccc(OC)c(N2CC(C(=O)N3CCN(c4ccc([N+](=O)[O-])cc4)CC3)CC2=O)c1. The highest BCUT2D eigenvalue weighted by atomic mass is 16.6. The Bertz CT molecular complexity index is 1050. The summed E-state index contributed by atoms with van der Waals surface area (Å²) in [5, 5.41) is 10.8. The third-order valence-corrected chi connectivity index (χ3v) is 6.17. The molecular weight excluding hydrogens is 428 g/mol. The number of anilines is 2. The molecule has 2 aromatic carbocycles. The Balaban J connectivity index is 1.39. The molecule has 2 heterocycles. The maximum atomic E-state index is 13.2. The molecular formula is C23H26N4O6. The van der Waals surface area contributed by atoms with E-state index in [4.69, 9.17) is 9.47 Å².